The third-order valence-electron chi connectivity index (χ3n) is 6.15. The van der Waals surface area contributed by atoms with Gasteiger partial charge in [-0.3, -0.25) is 14.3 Å². The van der Waals surface area contributed by atoms with Crippen molar-refractivity contribution in [3.63, 3.8) is 0 Å². The summed E-state index contributed by atoms with van der Waals surface area (Å²) in [7, 11) is -1.10. The number of nitro benzene ring substituents is 1. The molecule has 1 aromatic rings. The van der Waals surface area contributed by atoms with Crippen molar-refractivity contribution >= 4 is 27.3 Å². The molecule has 1 atom stereocenters. The van der Waals surface area contributed by atoms with Gasteiger partial charge < -0.3 is 4.90 Å². The normalized spacial score (nSPS) is 27.0. The molecule has 1 aromatic carbocycles. The van der Waals surface area contributed by atoms with Crippen molar-refractivity contribution in [1.29, 1.82) is 0 Å². The van der Waals surface area contributed by atoms with Crippen molar-refractivity contribution in [1.82, 2.24) is 4.90 Å². The first-order valence-electron chi connectivity index (χ1n) is 9.52. The van der Waals surface area contributed by atoms with Crippen molar-refractivity contribution in [2.24, 2.45) is 4.99 Å². The molecule has 3 fully saturated rings. The highest BCUT2D eigenvalue weighted by Gasteiger charge is 2.52. The standard InChI is InChI=1S/C19H25N3O3S/c1-14-12-16(22(23)24)8-9-17(14)20-18-21(15-6-2-3-7-15)19(13-26(18)25)10-4-5-11-19/h8-9,12,15H,2-7,10-11,13H2,1H3. The molecule has 1 spiro atoms. The third-order valence-corrected chi connectivity index (χ3v) is 7.65. The molecule has 0 bridgehead atoms. The van der Waals surface area contributed by atoms with Crippen molar-refractivity contribution < 1.29 is 9.13 Å². The van der Waals surface area contributed by atoms with Crippen LogP contribution in [0.2, 0.25) is 0 Å². The van der Waals surface area contributed by atoms with Crippen LogP contribution < -0.4 is 0 Å². The Kier molecular flexibility index (Phi) is 4.59. The summed E-state index contributed by atoms with van der Waals surface area (Å²) in [5.74, 6) is 0.689. The lowest BCUT2D eigenvalue weighted by Gasteiger charge is -2.39. The van der Waals surface area contributed by atoms with Crippen LogP contribution in [0.4, 0.5) is 11.4 Å². The number of benzene rings is 1. The number of non-ortho nitro benzene ring substituents is 1. The van der Waals surface area contributed by atoms with Crippen LogP contribution in [0.1, 0.15) is 56.9 Å². The number of amidine groups is 1. The largest absolute Gasteiger partial charge is 0.340 e. The predicted octanol–water partition coefficient (Wildman–Crippen LogP) is 4.21. The van der Waals surface area contributed by atoms with Crippen LogP contribution in [0.5, 0.6) is 0 Å². The smallest absolute Gasteiger partial charge is 0.269 e. The molecule has 0 aromatic heterocycles. The van der Waals surface area contributed by atoms with Crippen LogP contribution in [0.25, 0.3) is 0 Å². The van der Waals surface area contributed by atoms with Gasteiger partial charge >= 0.3 is 0 Å². The van der Waals surface area contributed by atoms with Gasteiger partial charge in [0.05, 0.1) is 32.7 Å². The molecular formula is C19H25N3O3S. The highest BCUT2D eigenvalue weighted by Crippen LogP contribution is 2.45. The van der Waals surface area contributed by atoms with Gasteiger partial charge in [-0.1, -0.05) is 25.7 Å². The maximum Gasteiger partial charge on any atom is 0.269 e. The van der Waals surface area contributed by atoms with E-state index in [4.69, 9.17) is 4.99 Å². The van der Waals surface area contributed by atoms with Crippen molar-refractivity contribution in [2.75, 3.05) is 5.75 Å². The van der Waals surface area contributed by atoms with Gasteiger partial charge in [-0.05, 0) is 44.2 Å². The Morgan fingerprint density at radius 3 is 2.54 bits per heavy atom. The summed E-state index contributed by atoms with van der Waals surface area (Å²) in [6.45, 7) is 1.83. The Balaban J connectivity index is 1.74. The van der Waals surface area contributed by atoms with Gasteiger partial charge in [-0.2, -0.15) is 0 Å². The Hall–Kier alpha value is -1.76. The maximum absolute atomic E-state index is 13.0. The third kappa shape index (κ3) is 2.96. The molecule has 7 heteroatoms. The second-order valence-electron chi connectivity index (χ2n) is 7.85. The number of aliphatic imine (C=N–C) groups is 1. The van der Waals surface area contributed by atoms with Gasteiger partial charge in [0.1, 0.15) is 0 Å². The van der Waals surface area contributed by atoms with Gasteiger partial charge in [0, 0.05) is 18.2 Å². The van der Waals surface area contributed by atoms with E-state index in [1.54, 1.807) is 12.1 Å². The van der Waals surface area contributed by atoms with Gasteiger partial charge in [0.15, 0.2) is 5.17 Å². The molecule has 1 heterocycles. The second-order valence-corrected chi connectivity index (χ2v) is 9.20. The van der Waals surface area contributed by atoms with Gasteiger partial charge in [-0.15, -0.1) is 0 Å². The average molecular weight is 375 g/mol. The molecule has 4 rings (SSSR count). The van der Waals surface area contributed by atoms with Crippen LogP contribution in [0, 0.1) is 17.0 Å². The van der Waals surface area contributed by atoms with E-state index in [1.165, 1.54) is 31.7 Å². The summed E-state index contributed by atoms with van der Waals surface area (Å²) in [4.78, 5) is 17.8. The monoisotopic (exact) mass is 375 g/mol. The van der Waals surface area contributed by atoms with E-state index >= 15 is 0 Å². The van der Waals surface area contributed by atoms with E-state index in [0.29, 0.717) is 22.6 Å². The summed E-state index contributed by atoms with van der Waals surface area (Å²) in [6.07, 6.45) is 9.37. The number of nitro groups is 1. The highest BCUT2D eigenvalue weighted by atomic mass is 32.2. The SMILES string of the molecule is Cc1cc([N+](=O)[O-])ccc1N=C1N(C2CCCC2)C2(CCCC2)CS1=O. The van der Waals surface area contributed by atoms with E-state index in [-0.39, 0.29) is 11.2 Å². The molecule has 0 radical (unpaired) electrons. The van der Waals surface area contributed by atoms with Crippen molar-refractivity contribution in [3.8, 4) is 0 Å². The van der Waals surface area contributed by atoms with Crippen LogP contribution in [-0.4, -0.2) is 36.5 Å². The Morgan fingerprint density at radius 1 is 1.23 bits per heavy atom. The van der Waals surface area contributed by atoms with E-state index < -0.39 is 15.7 Å². The van der Waals surface area contributed by atoms with E-state index in [0.717, 1.165) is 31.2 Å². The molecular weight excluding hydrogens is 350 g/mol. The van der Waals surface area contributed by atoms with Gasteiger partial charge in [-0.25, -0.2) is 4.99 Å². The number of aryl methyl sites for hydroxylation is 1. The predicted molar refractivity (Wildman–Crippen MR) is 103 cm³/mol. The quantitative estimate of drug-likeness (QED) is 0.586. The zero-order chi connectivity index (χ0) is 18.3. The molecule has 0 amide bonds. The van der Waals surface area contributed by atoms with E-state index in [9.17, 15) is 14.3 Å². The topological polar surface area (TPSA) is 75.8 Å². The Bertz CT molecular complexity index is 780. The lowest BCUT2D eigenvalue weighted by molar-refractivity contribution is -0.384. The minimum absolute atomic E-state index is 0.0212. The summed E-state index contributed by atoms with van der Waals surface area (Å²) in [6, 6.07) is 5.15. The molecule has 6 nitrogen and oxygen atoms in total. The lowest BCUT2D eigenvalue weighted by Crippen LogP contribution is -2.50. The molecule has 140 valence electrons. The zero-order valence-corrected chi connectivity index (χ0v) is 16.0. The maximum atomic E-state index is 13.0. The van der Waals surface area contributed by atoms with Gasteiger partial charge in [0.2, 0.25) is 0 Å². The van der Waals surface area contributed by atoms with Crippen LogP contribution in [0.3, 0.4) is 0 Å². The molecule has 26 heavy (non-hydrogen) atoms. The average Bonchev–Trinajstić information content (AvgIpc) is 3.32. The first kappa shape index (κ1) is 17.6. The molecule has 1 unspecified atom stereocenters. The molecule has 1 aliphatic heterocycles. The summed E-state index contributed by atoms with van der Waals surface area (Å²) in [5, 5.41) is 11.7. The van der Waals surface area contributed by atoms with Crippen molar-refractivity contribution in [3.05, 3.63) is 33.9 Å². The molecule has 2 aliphatic carbocycles. The summed E-state index contributed by atoms with van der Waals surface area (Å²) in [5.41, 5.74) is 1.53. The lowest BCUT2D eigenvalue weighted by atomic mass is 9.95. The first-order chi connectivity index (χ1) is 12.5. The minimum atomic E-state index is -1.10. The molecule has 0 N–H and O–H groups in total. The highest BCUT2D eigenvalue weighted by molar-refractivity contribution is 8.01. The van der Waals surface area contributed by atoms with Crippen LogP contribution in [0.15, 0.2) is 23.2 Å². The summed E-state index contributed by atoms with van der Waals surface area (Å²) >= 11 is 0. The summed E-state index contributed by atoms with van der Waals surface area (Å²) < 4.78 is 13.0. The fraction of sp³-hybridized carbons (Fsp3) is 0.632. The van der Waals surface area contributed by atoms with Crippen LogP contribution >= 0.6 is 0 Å². The second kappa shape index (κ2) is 6.76. The zero-order valence-electron chi connectivity index (χ0n) is 15.1. The van der Waals surface area contributed by atoms with E-state index in [1.807, 2.05) is 6.92 Å². The minimum Gasteiger partial charge on any atom is -0.340 e. The Labute approximate surface area is 156 Å². The van der Waals surface area contributed by atoms with Crippen molar-refractivity contribution in [2.45, 2.75) is 69.9 Å². The number of hydrogen-bond acceptors (Lipinski definition) is 4. The fourth-order valence-electron chi connectivity index (χ4n) is 4.90. The number of hydrogen-bond donors (Lipinski definition) is 0. The van der Waals surface area contributed by atoms with Gasteiger partial charge in [0.25, 0.3) is 5.69 Å². The molecule has 2 saturated carbocycles. The molecule has 3 aliphatic rings. The first-order valence-corrected chi connectivity index (χ1v) is 10.8. The Morgan fingerprint density at radius 2 is 1.92 bits per heavy atom. The van der Waals surface area contributed by atoms with E-state index in [2.05, 4.69) is 4.90 Å². The fourth-order valence-corrected chi connectivity index (χ4v) is 6.71. The van der Waals surface area contributed by atoms with Crippen LogP contribution in [-0.2, 0) is 10.8 Å². The molecule has 1 saturated heterocycles. The number of rotatable bonds is 3. The number of nitrogens with zero attached hydrogens (tertiary/aromatic N) is 3.